The fourth-order valence-electron chi connectivity index (χ4n) is 1.86. The van der Waals surface area contributed by atoms with Crippen molar-refractivity contribution in [2.45, 2.75) is 12.8 Å². The smallest absolute Gasteiger partial charge is 0.241 e. The molecule has 1 N–H and O–H groups in total. The van der Waals surface area contributed by atoms with Gasteiger partial charge in [0.25, 0.3) is 0 Å². The number of carbonyl (C=O) groups excluding carboxylic acids is 1. The van der Waals surface area contributed by atoms with E-state index >= 15 is 0 Å². The van der Waals surface area contributed by atoms with Crippen LogP contribution in [0.4, 0.5) is 10.1 Å². The maximum atomic E-state index is 12.9. The van der Waals surface area contributed by atoms with Gasteiger partial charge in [0, 0.05) is 18.8 Å². The molecule has 1 aromatic rings. The summed E-state index contributed by atoms with van der Waals surface area (Å²) >= 11 is 5.65. The van der Waals surface area contributed by atoms with Gasteiger partial charge in [0.2, 0.25) is 5.91 Å². The van der Waals surface area contributed by atoms with Crippen molar-refractivity contribution in [1.29, 1.82) is 0 Å². The van der Waals surface area contributed by atoms with E-state index in [2.05, 4.69) is 5.32 Å². The van der Waals surface area contributed by atoms with Crippen molar-refractivity contribution in [2.75, 3.05) is 25.0 Å². The lowest BCUT2D eigenvalue weighted by Crippen LogP contribution is -2.32. The molecule has 1 amide bonds. The Labute approximate surface area is 105 Å². The molecule has 1 aliphatic rings. The van der Waals surface area contributed by atoms with Crippen LogP contribution in [0, 0.1) is 5.82 Å². The molecule has 1 heterocycles. The minimum absolute atomic E-state index is 0.0589. The molecule has 1 aromatic carbocycles. The Morgan fingerprint density at radius 1 is 1.41 bits per heavy atom. The van der Waals surface area contributed by atoms with E-state index in [-0.39, 0.29) is 17.5 Å². The summed E-state index contributed by atoms with van der Waals surface area (Å²) < 4.78 is 12.9. The monoisotopic (exact) mass is 256 g/mol. The molecule has 3 nitrogen and oxygen atoms in total. The van der Waals surface area contributed by atoms with Crippen molar-refractivity contribution in [3.05, 3.63) is 29.0 Å². The van der Waals surface area contributed by atoms with E-state index in [1.54, 1.807) is 6.07 Å². The lowest BCUT2D eigenvalue weighted by atomic mass is 10.3. The molecule has 92 valence electrons. The van der Waals surface area contributed by atoms with Crippen LogP contribution >= 0.6 is 11.6 Å². The number of hydrogen-bond donors (Lipinski definition) is 1. The van der Waals surface area contributed by atoms with Crippen molar-refractivity contribution >= 4 is 23.2 Å². The average Bonchev–Trinajstić information content (AvgIpc) is 2.84. The quantitative estimate of drug-likeness (QED) is 0.901. The summed E-state index contributed by atoms with van der Waals surface area (Å²) in [6.45, 7) is 1.90. The summed E-state index contributed by atoms with van der Waals surface area (Å²) in [5.74, 6) is -0.383. The van der Waals surface area contributed by atoms with Gasteiger partial charge in [-0.15, -0.1) is 0 Å². The highest BCUT2D eigenvalue weighted by atomic mass is 35.5. The summed E-state index contributed by atoms with van der Waals surface area (Å²) in [5.41, 5.74) is 0.656. The van der Waals surface area contributed by atoms with Gasteiger partial charge >= 0.3 is 0 Å². The Kier molecular flexibility index (Phi) is 3.84. The second-order valence-electron chi connectivity index (χ2n) is 4.07. The van der Waals surface area contributed by atoms with Gasteiger partial charge in [-0.3, -0.25) is 4.79 Å². The Morgan fingerprint density at radius 2 is 2.12 bits per heavy atom. The molecule has 1 aliphatic heterocycles. The third kappa shape index (κ3) is 3.09. The molecular formula is C12H14ClFN2O. The van der Waals surface area contributed by atoms with Crippen LogP contribution in [-0.4, -0.2) is 30.4 Å². The van der Waals surface area contributed by atoms with Gasteiger partial charge in [0.15, 0.2) is 0 Å². The van der Waals surface area contributed by atoms with Gasteiger partial charge < -0.3 is 10.2 Å². The van der Waals surface area contributed by atoms with E-state index in [0.29, 0.717) is 5.69 Å². The van der Waals surface area contributed by atoms with E-state index in [4.69, 9.17) is 11.6 Å². The first-order chi connectivity index (χ1) is 8.16. The van der Waals surface area contributed by atoms with E-state index in [1.807, 2.05) is 4.90 Å². The largest absolute Gasteiger partial charge is 0.376 e. The number of nitrogens with zero attached hydrogens (tertiary/aromatic N) is 1. The standard InChI is InChI=1S/C12H14ClFN2O/c13-10-7-9(3-4-11(10)14)15-8-12(17)16-5-1-2-6-16/h3-4,7,15H,1-2,5-6,8H2. The number of likely N-dealkylation sites (tertiary alicyclic amines) is 1. The summed E-state index contributed by atoms with van der Waals surface area (Å²) in [4.78, 5) is 13.6. The van der Waals surface area contributed by atoms with Crippen LogP contribution in [0.3, 0.4) is 0 Å². The third-order valence-electron chi connectivity index (χ3n) is 2.82. The summed E-state index contributed by atoms with van der Waals surface area (Å²) in [6, 6.07) is 4.33. The predicted octanol–water partition coefficient (Wildman–Crippen LogP) is 2.51. The number of nitrogens with one attached hydrogen (secondary N) is 1. The first-order valence-corrected chi connectivity index (χ1v) is 6.01. The van der Waals surface area contributed by atoms with Gasteiger partial charge in [-0.1, -0.05) is 11.6 Å². The van der Waals surface area contributed by atoms with Crippen molar-refractivity contribution in [1.82, 2.24) is 4.90 Å². The fourth-order valence-corrected chi connectivity index (χ4v) is 2.04. The second kappa shape index (κ2) is 5.36. The number of halogens is 2. The van der Waals surface area contributed by atoms with Crippen molar-refractivity contribution in [2.24, 2.45) is 0 Å². The van der Waals surface area contributed by atoms with Gasteiger partial charge in [-0.2, -0.15) is 0 Å². The van der Waals surface area contributed by atoms with E-state index in [9.17, 15) is 9.18 Å². The Morgan fingerprint density at radius 3 is 2.76 bits per heavy atom. The number of hydrogen-bond acceptors (Lipinski definition) is 2. The molecule has 0 atom stereocenters. The maximum absolute atomic E-state index is 12.9. The van der Waals surface area contributed by atoms with E-state index in [0.717, 1.165) is 25.9 Å². The number of rotatable bonds is 3. The average molecular weight is 257 g/mol. The number of anilines is 1. The Bertz CT molecular complexity index is 419. The van der Waals surface area contributed by atoms with Crippen LogP contribution in [-0.2, 0) is 4.79 Å². The molecule has 0 bridgehead atoms. The predicted molar refractivity (Wildman–Crippen MR) is 65.7 cm³/mol. The molecule has 0 spiro atoms. The van der Waals surface area contributed by atoms with Crippen LogP contribution in [0.5, 0.6) is 0 Å². The molecule has 17 heavy (non-hydrogen) atoms. The van der Waals surface area contributed by atoms with Gasteiger partial charge in [-0.25, -0.2) is 4.39 Å². The SMILES string of the molecule is O=C(CNc1ccc(F)c(Cl)c1)N1CCCC1. The molecular weight excluding hydrogens is 243 g/mol. The molecule has 0 radical (unpaired) electrons. The van der Waals surface area contributed by atoms with Crippen LogP contribution in [0.2, 0.25) is 5.02 Å². The first-order valence-electron chi connectivity index (χ1n) is 5.63. The first kappa shape index (κ1) is 12.2. The van der Waals surface area contributed by atoms with Gasteiger partial charge in [-0.05, 0) is 31.0 Å². The highest BCUT2D eigenvalue weighted by Crippen LogP contribution is 2.19. The molecule has 0 saturated carbocycles. The number of amides is 1. The summed E-state index contributed by atoms with van der Waals surface area (Å²) in [5, 5.41) is 3.01. The van der Waals surface area contributed by atoms with Crippen LogP contribution in [0.1, 0.15) is 12.8 Å². The van der Waals surface area contributed by atoms with Gasteiger partial charge in [0.05, 0.1) is 11.6 Å². The van der Waals surface area contributed by atoms with Crippen molar-refractivity contribution < 1.29 is 9.18 Å². The normalized spacial score (nSPS) is 15.1. The lowest BCUT2D eigenvalue weighted by Gasteiger charge is -2.16. The van der Waals surface area contributed by atoms with E-state index < -0.39 is 5.82 Å². The highest BCUT2D eigenvalue weighted by Gasteiger charge is 2.17. The van der Waals surface area contributed by atoms with Crippen molar-refractivity contribution in [3.8, 4) is 0 Å². The molecule has 1 saturated heterocycles. The lowest BCUT2D eigenvalue weighted by molar-refractivity contribution is -0.128. The molecule has 5 heteroatoms. The van der Waals surface area contributed by atoms with Gasteiger partial charge in [0.1, 0.15) is 5.82 Å². The zero-order valence-corrected chi connectivity index (χ0v) is 10.1. The Hall–Kier alpha value is -1.29. The second-order valence-corrected chi connectivity index (χ2v) is 4.48. The minimum Gasteiger partial charge on any atom is -0.376 e. The zero-order valence-electron chi connectivity index (χ0n) is 9.38. The van der Waals surface area contributed by atoms with Crippen LogP contribution in [0.25, 0.3) is 0 Å². The van der Waals surface area contributed by atoms with E-state index in [1.165, 1.54) is 12.1 Å². The molecule has 0 aromatic heterocycles. The minimum atomic E-state index is -0.455. The van der Waals surface area contributed by atoms with Crippen LogP contribution < -0.4 is 5.32 Å². The highest BCUT2D eigenvalue weighted by molar-refractivity contribution is 6.31. The Balaban J connectivity index is 1.88. The summed E-state index contributed by atoms with van der Waals surface area (Å²) in [6.07, 6.45) is 2.15. The van der Waals surface area contributed by atoms with Crippen molar-refractivity contribution in [3.63, 3.8) is 0 Å². The third-order valence-corrected chi connectivity index (χ3v) is 3.11. The maximum Gasteiger partial charge on any atom is 0.241 e. The number of carbonyl (C=O) groups is 1. The molecule has 0 unspecified atom stereocenters. The topological polar surface area (TPSA) is 32.3 Å². The van der Waals surface area contributed by atoms with Crippen LogP contribution in [0.15, 0.2) is 18.2 Å². The summed E-state index contributed by atoms with van der Waals surface area (Å²) in [7, 11) is 0. The zero-order chi connectivity index (χ0) is 12.3. The molecule has 1 fully saturated rings. The molecule has 0 aliphatic carbocycles. The molecule has 2 rings (SSSR count). The number of benzene rings is 1. The fraction of sp³-hybridized carbons (Fsp3) is 0.417.